The summed E-state index contributed by atoms with van der Waals surface area (Å²) >= 11 is 0. The molecule has 0 saturated heterocycles. The van der Waals surface area contributed by atoms with Crippen molar-refractivity contribution in [1.29, 1.82) is 0 Å². The van der Waals surface area contributed by atoms with Gasteiger partial charge in [-0.3, -0.25) is 0 Å². The van der Waals surface area contributed by atoms with E-state index in [9.17, 15) is 0 Å². The van der Waals surface area contributed by atoms with Gasteiger partial charge >= 0.3 is 0 Å². The Hall–Kier alpha value is -2.03. The molecule has 0 fully saturated rings. The average Bonchev–Trinajstić information content (AvgIpc) is 2.25. The monoisotopic (exact) mass is 200 g/mol. The minimum atomic E-state index is 0.627. The molecule has 0 aliphatic heterocycles. The molecule has 3 heteroatoms. The number of nitrogen functional groups attached to an aromatic ring is 1. The van der Waals surface area contributed by atoms with Gasteiger partial charge < -0.3 is 10.5 Å². The molecule has 15 heavy (non-hydrogen) atoms. The highest BCUT2D eigenvalue weighted by Gasteiger charge is 2.00. The highest BCUT2D eigenvalue weighted by atomic mass is 16.5. The van der Waals surface area contributed by atoms with Crippen molar-refractivity contribution in [3.05, 3.63) is 48.2 Å². The Morgan fingerprint density at radius 3 is 2.53 bits per heavy atom. The van der Waals surface area contributed by atoms with E-state index in [4.69, 9.17) is 10.5 Å². The Kier molecular flexibility index (Phi) is 2.54. The van der Waals surface area contributed by atoms with Crippen LogP contribution in [0.5, 0.6) is 11.6 Å². The number of hydrogen-bond donors (Lipinski definition) is 1. The van der Waals surface area contributed by atoms with Crippen molar-refractivity contribution in [2.24, 2.45) is 0 Å². The number of benzene rings is 1. The first-order valence-corrected chi connectivity index (χ1v) is 4.71. The normalized spacial score (nSPS) is 9.93. The molecule has 2 rings (SSSR count). The number of pyridine rings is 1. The maximum absolute atomic E-state index is 5.60. The first-order valence-electron chi connectivity index (χ1n) is 4.71. The van der Waals surface area contributed by atoms with E-state index in [0.717, 1.165) is 17.0 Å². The van der Waals surface area contributed by atoms with Crippen LogP contribution in [0.4, 0.5) is 5.69 Å². The molecular weight excluding hydrogens is 188 g/mol. The minimum absolute atomic E-state index is 0.627. The first-order chi connectivity index (χ1) is 7.25. The maximum Gasteiger partial charge on any atom is 0.222 e. The molecule has 0 radical (unpaired) electrons. The van der Waals surface area contributed by atoms with Crippen LogP contribution in [-0.4, -0.2) is 4.98 Å². The Bertz CT molecular complexity index is 451. The van der Waals surface area contributed by atoms with Crippen molar-refractivity contribution in [3.8, 4) is 11.6 Å². The predicted molar refractivity (Wildman–Crippen MR) is 59.9 cm³/mol. The van der Waals surface area contributed by atoms with Crippen LogP contribution < -0.4 is 10.5 Å². The standard InChI is InChI=1S/C12H12N2O/c1-9-3-2-8-14-12(9)15-11-6-4-10(13)5-7-11/h2-8H,13H2,1H3. The van der Waals surface area contributed by atoms with Crippen molar-refractivity contribution in [1.82, 2.24) is 4.98 Å². The summed E-state index contributed by atoms with van der Waals surface area (Å²) in [5.41, 5.74) is 7.31. The molecule has 2 N–H and O–H groups in total. The van der Waals surface area contributed by atoms with Crippen molar-refractivity contribution in [2.75, 3.05) is 5.73 Å². The Labute approximate surface area is 88.5 Å². The average molecular weight is 200 g/mol. The Balaban J connectivity index is 2.22. The van der Waals surface area contributed by atoms with Gasteiger partial charge in [0.15, 0.2) is 0 Å². The van der Waals surface area contributed by atoms with Gasteiger partial charge in [0.2, 0.25) is 5.88 Å². The maximum atomic E-state index is 5.60. The third-order valence-electron chi connectivity index (χ3n) is 2.06. The highest BCUT2D eigenvalue weighted by molar-refractivity contribution is 5.42. The summed E-state index contributed by atoms with van der Waals surface area (Å²) in [6, 6.07) is 11.1. The van der Waals surface area contributed by atoms with E-state index in [1.54, 1.807) is 18.3 Å². The van der Waals surface area contributed by atoms with Gasteiger partial charge in [0, 0.05) is 17.4 Å². The molecule has 1 heterocycles. The van der Waals surface area contributed by atoms with Gasteiger partial charge in [-0.2, -0.15) is 0 Å². The fourth-order valence-electron chi connectivity index (χ4n) is 1.23. The van der Waals surface area contributed by atoms with Crippen LogP contribution in [0, 0.1) is 6.92 Å². The van der Waals surface area contributed by atoms with E-state index in [1.807, 2.05) is 31.2 Å². The summed E-state index contributed by atoms with van der Waals surface area (Å²) < 4.78 is 5.60. The van der Waals surface area contributed by atoms with Crippen LogP contribution in [0.3, 0.4) is 0 Å². The molecule has 3 nitrogen and oxygen atoms in total. The fraction of sp³-hybridized carbons (Fsp3) is 0.0833. The van der Waals surface area contributed by atoms with Gasteiger partial charge in [-0.1, -0.05) is 6.07 Å². The summed E-state index contributed by atoms with van der Waals surface area (Å²) in [6.07, 6.45) is 1.71. The molecule has 2 aromatic rings. The van der Waals surface area contributed by atoms with Gasteiger partial charge in [0.1, 0.15) is 5.75 Å². The molecule has 0 amide bonds. The smallest absolute Gasteiger partial charge is 0.222 e. The molecular formula is C12H12N2O. The summed E-state index contributed by atoms with van der Waals surface area (Å²) in [4.78, 5) is 4.14. The van der Waals surface area contributed by atoms with E-state index < -0.39 is 0 Å². The van der Waals surface area contributed by atoms with E-state index >= 15 is 0 Å². The molecule has 0 spiro atoms. The second kappa shape index (κ2) is 4.00. The third kappa shape index (κ3) is 2.26. The zero-order chi connectivity index (χ0) is 10.7. The lowest BCUT2D eigenvalue weighted by molar-refractivity contribution is 0.459. The quantitative estimate of drug-likeness (QED) is 0.758. The molecule has 1 aromatic heterocycles. The minimum Gasteiger partial charge on any atom is -0.439 e. The van der Waals surface area contributed by atoms with Crippen LogP contribution >= 0.6 is 0 Å². The van der Waals surface area contributed by atoms with Crippen LogP contribution in [0.1, 0.15) is 5.56 Å². The van der Waals surface area contributed by atoms with Crippen LogP contribution in [-0.2, 0) is 0 Å². The lowest BCUT2D eigenvalue weighted by atomic mass is 10.3. The van der Waals surface area contributed by atoms with Gasteiger partial charge in [-0.25, -0.2) is 4.98 Å². The number of aromatic nitrogens is 1. The third-order valence-corrected chi connectivity index (χ3v) is 2.06. The number of nitrogens with two attached hydrogens (primary N) is 1. The number of aryl methyl sites for hydroxylation is 1. The van der Waals surface area contributed by atoms with Crippen molar-refractivity contribution in [3.63, 3.8) is 0 Å². The number of hydrogen-bond acceptors (Lipinski definition) is 3. The predicted octanol–water partition coefficient (Wildman–Crippen LogP) is 2.76. The van der Waals surface area contributed by atoms with Gasteiger partial charge in [0.05, 0.1) is 0 Å². The fourth-order valence-corrected chi connectivity index (χ4v) is 1.23. The van der Waals surface area contributed by atoms with E-state index in [2.05, 4.69) is 4.98 Å². The number of ether oxygens (including phenoxy) is 1. The summed E-state index contributed by atoms with van der Waals surface area (Å²) in [5.74, 6) is 1.37. The molecule has 1 aromatic carbocycles. The molecule has 0 bridgehead atoms. The highest BCUT2D eigenvalue weighted by Crippen LogP contribution is 2.22. The Morgan fingerprint density at radius 2 is 1.87 bits per heavy atom. The molecule has 0 unspecified atom stereocenters. The molecule has 0 aliphatic carbocycles. The van der Waals surface area contributed by atoms with Crippen LogP contribution in [0.2, 0.25) is 0 Å². The second-order valence-corrected chi connectivity index (χ2v) is 3.30. The zero-order valence-corrected chi connectivity index (χ0v) is 8.47. The second-order valence-electron chi connectivity index (χ2n) is 3.30. The zero-order valence-electron chi connectivity index (χ0n) is 8.47. The van der Waals surface area contributed by atoms with E-state index in [-0.39, 0.29) is 0 Å². The van der Waals surface area contributed by atoms with Gasteiger partial charge in [-0.15, -0.1) is 0 Å². The van der Waals surface area contributed by atoms with Crippen molar-refractivity contribution < 1.29 is 4.74 Å². The topological polar surface area (TPSA) is 48.1 Å². The molecule has 76 valence electrons. The van der Waals surface area contributed by atoms with Crippen LogP contribution in [0.15, 0.2) is 42.6 Å². The molecule has 0 atom stereocenters. The number of rotatable bonds is 2. The van der Waals surface area contributed by atoms with Gasteiger partial charge in [0.25, 0.3) is 0 Å². The van der Waals surface area contributed by atoms with Crippen molar-refractivity contribution >= 4 is 5.69 Å². The lowest BCUT2D eigenvalue weighted by Crippen LogP contribution is -1.91. The Morgan fingerprint density at radius 1 is 1.13 bits per heavy atom. The molecule has 0 saturated carbocycles. The SMILES string of the molecule is Cc1cccnc1Oc1ccc(N)cc1. The molecule has 0 aliphatic rings. The van der Waals surface area contributed by atoms with Crippen molar-refractivity contribution in [2.45, 2.75) is 6.92 Å². The van der Waals surface area contributed by atoms with E-state index in [1.165, 1.54) is 0 Å². The summed E-state index contributed by atoms with van der Waals surface area (Å²) in [6.45, 7) is 1.96. The lowest BCUT2D eigenvalue weighted by Gasteiger charge is -2.06. The number of nitrogens with zero attached hydrogens (tertiary/aromatic N) is 1. The van der Waals surface area contributed by atoms with E-state index in [0.29, 0.717) is 5.88 Å². The summed E-state index contributed by atoms with van der Waals surface area (Å²) in [7, 11) is 0. The largest absolute Gasteiger partial charge is 0.439 e. The summed E-state index contributed by atoms with van der Waals surface area (Å²) in [5, 5.41) is 0. The number of anilines is 1. The van der Waals surface area contributed by atoms with Crippen LogP contribution in [0.25, 0.3) is 0 Å². The first kappa shape index (κ1) is 9.52. The van der Waals surface area contributed by atoms with Gasteiger partial charge in [-0.05, 0) is 37.3 Å².